The highest BCUT2D eigenvalue weighted by molar-refractivity contribution is 9.10. The van der Waals surface area contributed by atoms with E-state index in [-0.39, 0.29) is 11.9 Å². The molecule has 2 amide bonds. The van der Waals surface area contributed by atoms with Gasteiger partial charge in [0.2, 0.25) is 0 Å². The summed E-state index contributed by atoms with van der Waals surface area (Å²) in [5.74, 6) is 0.405. The van der Waals surface area contributed by atoms with Crippen molar-refractivity contribution in [3.05, 3.63) is 52.4 Å². The summed E-state index contributed by atoms with van der Waals surface area (Å²) < 4.78 is 7.00. The molecule has 160 valence electrons. The van der Waals surface area contributed by atoms with Crippen LogP contribution in [-0.4, -0.2) is 55.9 Å². The van der Waals surface area contributed by atoms with Crippen LogP contribution >= 0.6 is 15.9 Å². The van der Waals surface area contributed by atoms with Gasteiger partial charge in [-0.15, -0.1) is 0 Å². The van der Waals surface area contributed by atoms with Gasteiger partial charge in [0.25, 0.3) is 5.91 Å². The fourth-order valence-corrected chi connectivity index (χ4v) is 4.83. The number of likely N-dealkylation sites (tertiary alicyclic amines) is 1. The Bertz CT molecular complexity index is 1170. The van der Waals surface area contributed by atoms with Gasteiger partial charge in [-0.2, -0.15) is 5.10 Å². The second-order valence-corrected chi connectivity index (χ2v) is 8.78. The molecule has 3 N–H and O–H groups in total. The van der Waals surface area contributed by atoms with E-state index in [0.717, 1.165) is 10.9 Å². The van der Waals surface area contributed by atoms with Crippen molar-refractivity contribution in [2.24, 2.45) is 0 Å². The number of aromatic amines is 1. The molecule has 2 aliphatic rings. The highest BCUT2D eigenvalue weighted by atomic mass is 79.9. The van der Waals surface area contributed by atoms with Crippen LogP contribution in [0.15, 0.2) is 41.3 Å². The normalized spacial score (nSPS) is 19.6. The number of hydrogen-bond donors (Lipinski definition) is 3. The number of nitrogens with zero attached hydrogens (tertiary/aromatic N) is 3. The molecule has 9 nitrogen and oxygen atoms in total. The molecule has 0 bridgehead atoms. The number of halogens is 1. The Kier molecular flexibility index (Phi) is 4.81. The molecule has 0 radical (unpaired) electrons. The van der Waals surface area contributed by atoms with Crippen molar-refractivity contribution in [2.75, 3.05) is 13.1 Å². The number of piperidine rings is 1. The predicted molar refractivity (Wildman–Crippen MR) is 115 cm³/mol. The Balaban J connectivity index is 1.45. The van der Waals surface area contributed by atoms with Crippen molar-refractivity contribution in [1.29, 1.82) is 0 Å². The molecule has 1 fully saturated rings. The van der Waals surface area contributed by atoms with Crippen molar-refractivity contribution in [3.8, 4) is 5.75 Å². The number of hydrogen-bond acceptors (Lipinski definition) is 5. The van der Waals surface area contributed by atoms with Gasteiger partial charge in [0.1, 0.15) is 16.0 Å². The van der Waals surface area contributed by atoms with Crippen LogP contribution in [0.1, 0.15) is 41.2 Å². The third-order valence-electron chi connectivity index (χ3n) is 6.11. The molecule has 1 saturated heterocycles. The molecule has 0 saturated carbocycles. The van der Waals surface area contributed by atoms with Crippen LogP contribution in [0.2, 0.25) is 0 Å². The Labute approximate surface area is 185 Å². The number of fused-ring (bicyclic) bond motifs is 2. The molecule has 4 heterocycles. The minimum absolute atomic E-state index is 0.209. The number of rotatable bonds is 2. The monoisotopic (exact) mass is 485 g/mol. The maximum Gasteiger partial charge on any atom is 0.407 e. The second-order valence-electron chi connectivity index (χ2n) is 7.97. The number of pyridine rings is 1. The lowest BCUT2D eigenvalue weighted by molar-refractivity contribution is -0.0208. The molecule has 2 aliphatic heterocycles. The first kappa shape index (κ1) is 19.8. The number of nitrogens with one attached hydrogen (secondary N) is 2. The molecule has 2 aromatic heterocycles. The van der Waals surface area contributed by atoms with Crippen LogP contribution in [0.5, 0.6) is 5.75 Å². The first-order chi connectivity index (χ1) is 14.9. The second kappa shape index (κ2) is 7.52. The van der Waals surface area contributed by atoms with Crippen molar-refractivity contribution < 1.29 is 19.4 Å². The summed E-state index contributed by atoms with van der Waals surface area (Å²) in [4.78, 5) is 30.2. The van der Waals surface area contributed by atoms with Crippen molar-refractivity contribution in [2.45, 2.75) is 30.9 Å². The number of carbonyl (C=O) groups excluding carboxylic acids is 1. The lowest BCUT2D eigenvalue weighted by Crippen LogP contribution is -2.53. The van der Waals surface area contributed by atoms with Crippen LogP contribution in [0.3, 0.4) is 0 Å². The zero-order valence-corrected chi connectivity index (χ0v) is 18.1. The van der Waals surface area contributed by atoms with Crippen molar-refractivity contribution >= 4 is 38.8 Å². The van der Waals surface area contributed by atoms with Crippen LogP contribution in [0.25, 0.3) is 10.9 Å². The van der Waals surface area contributed by atoms with E-state index in [2.05, 4.69) is 36.4 Å². The zero-order chi connectivity index (χ0) is 21.6. The van der Waals surface area contributed by atoms with E-state index in [0.29, 0.717) is 53.8 Å². The summed E-state index contributed by atoms with van der Waals surface area (Å²) in [7, 11) is 0. The third-order valence-corrected chi connectivity index (χ3v) is 6.55. The summed E-state index contributed by atoms with van der Waals surface area (Å²) in [5.41, 5.74) is 1.50. The zero-order valence-electron chi connectivity index (χ0n) is 16.5. The summed E-state index contributed by atoms with van der Waals surface area (Å²) >= 11 is 3.40. The number of para-hydroxylation sites is 1. The summed E-state index contributed by atoms with van der Waals surface area (Å²) in [5, 5.41) is 20.2. The van der Waals surface area contributed by atoms with Crippen LogP contribution < -0.4 is 10.1 Å². The van der Waals surface area contributed by atoms with E-state index < -0.39 is 11.7 Å². The van der Waals surface area contributed by atoms with Gasteiger partial charge in [-0.3, -0.25) is 9.89 Å². The Morgan fingerprint density at radius 3 is 2.87 bits per heavy atom. The number of amides is 2. The number of carboxylic acid groups (broad SMARTS) is 1. The highest BCUT2D eigenvalue weighted by Gasteiger charge is 2.44. The third kappa shape index (κ3) is 3.60. The topological polar surface area (TPSA) is 120 Å². The molecule has 0 aliphatic carbocycles. The summed E-state index contributed by atoms with van der Waals surface area (Å²) in [6, 6.07) is 7.04. The Hall–Kier alpha value is -3.14. The van der Waals surface area contributed by atoms with Gasteiger partial charge in [0.15, 0.2) is 0 Å². The van der Waals surface area contributed by atoms with Crippen LogP contribution in [-0.2, 0) is 0 Å². The van der Waals surface area contributed by atoms with Gasteiger partial charge < -0.3 is 20.1 Å². The smallest absolute Gasteiger partial charge is 0.407 e. The molecule has 1 unspecified atom stereocenters. The largest absolute Gasteiger partial charge is 0.485 e. The molecule has 10 heteroatoms. The Morgan fingerprint density at radius 1 is 1.29 bits per heavy atom. The quantitative estimate of drug-likeness (QED) is 0.477. The van der Waals surface area contributed by atoms with Gasteiger partial charge >= 0.3 is 6.09 Å². The minimum atomic E-state index is -0.922. The molecule has 31 heavy (non-hydrogen) atoms. The van der Waals surface area contributed by atoms with E-state index in [9.17, 15) is 14.7 Å². The van der Waals surface area contributed by atoms with Gasteiger partial charge in [-0.25, -0.2) is 9.78 Å². The molecular formula is C21H20BrN5O4. The van der Waals surface area contributed by atoms with Gasteiger partial charge in [0, 0.05) is 43.3 Å². The van der Waals surface area contributed by atoms with Gasteiger partial charge in [-0.1, -0.05) is 12.1 Å². The first-order valence-corrected chi connectivity index (χ1v) is 10.8. The maximum absolute atomic E-state index is 13.2. The van der Waals surface area contributed by atoms with E-state index in [1.807, 2.05) is 18.2 Å². The van der Waals surface area contributed by atoms with Crippen molar-refractivity contribution in [1.82, 2.24) is 25.4 Å². The van der Waals surface area contributed by atoms with Crippen LogP contribution in [0.4, 0.5) is 4.79 Å². The van der Waals surface area contributed by atoms with E-state index in [1.165, 1.54) is 4.90 Å². The molecule has 1 spiro atoms. The standard InChI is InChI=1S/C21H20BrN5O4/c22-17-8-14-15(25-19(28)13-3-1-2-12-10-24-26-18(12)13)9-21(31-16(14)11-23-17)4-6-27(7-5-21)20(29)30/h1-3,8,10-11,15H,4-7,9H2,(H,24,26)(H,25,28)(H,29,30). The molecular weight excluding hydrogens is 466 g/mol. The van der Waals surface area contributed by atoms with Gasteiger partial charge in [0.05, 0.1) is 29.5 Å². The van der Waals surface area contributed by atoms with Gasteiger partial charge in [-0.05, 0) is 28.1 Å². The van der Waals surface area contributed by atoms with Crippen molar-refractivity contribution in [3.63, 3.8) is 0 Å². The molecule has 1 atom stereocenters. The number of aromatic nitrogens is 3. The Morgan fingerprint density at radius 2 is 2.10 bits per heavy atom. The molecule has 1 aromatic carbocycles. The maximum atomic E-state index is 13.2. The average molecular weight is 486 g/mol. The lowest BCUT2D eigenvalue weighted by Gasteiger charge is -2.46. The van der Waals surface area contributed by atoms with E-state index in [1.54, 1.807) is 18.5 Å². The highest BCUT2D eigenvalue weighted by Crippen LogP contribution is 2.44. The minimum Gasteiger partial charge on any atom is -0.485 e. The lowest BCUT2D eigenvalue weighted by atomic mass is 9.81. The SMILES string of the molecule is O=C(NC1CC2(CCN(C(=O)O)CC2)Oc2cnc(Br)cc21)c1cccc2cn[nH]c12. The molecule has 5 rings (SSSR count). The molecule has 3 aromatic rings. The fraction of sp³-hybridized carbons (Fsp3) is 0.333. The number of H-pyrrole nitrogens is 1. The van der Waals surface area contributed by atoms with Crippen LogP contribution in [0, 0.1) is 0 Å². The number of carbonyl (C=O) groups is 2. The van der Waals surface area contributed by atoms with E-state index >= 15 is 0 Å². The fourth-order valence-electron chi connectivity index (χ4n) is 4.48. The predicted octanol–water partition coefficient (Wildman–Crippen LogP) is 3.49. The summed E-state index contributed by atoms with van der Waals surface area (Å²) in [6.45, 7) is 0.783. The first-order valence-electron chi connectivity index (χ1n) is 9.99. The number of ether oxygens (including phenoxy) is 1. The number of benzene rings is 1. The average Bonchev–Trinajstić information content (AvgIpc) is 3.23. The van der Waals surface area contributed by atoms with E-state index in [4.69, 9.17) is 4.74 Å². The summed E-state index contributed by atoms with van der Waals surface area (Å²) in [6.07, 6.45) is 4.07.